The largest absolute Gasteiger partial charge is 0.387 e. The van der Waals surface area contributed by atoms with E-state index in [0.29, 0.717) is 5.56 Å². The van der Waals surface area contributed by atoms with E-state index in [4.69, 9.17) is 18.9 Å². The second kappa shape index (κ2) is 18.8. The van der Waals surface area contributed by atoms with Crippen LogP contribution in [0.4, 0.5) is 17.6 Å². The number of H-pyrrole nitrogens is 1. The number of aliphatic hydroxyl groups is 1. The van der Waals surface area contributed by atoms with Crippen molar-refractivity contribution in [3.8, 4) is 0 Å². The van der Waals surface area contributed by atoms with Crippen molar-refractivity contribution in [1.82, 2.24) is 14.5 Å². The molecule has 0 unspecified atom stereocenters. The molecule has 366 valence electrons. The Balaban J connectivity index is 1.15. The van der Waals surface area contributed by atoms with Crippen LogP contribution in [0.3, 0.4) is 0 Å². The standard InChI is InChI=1S/C58H49F4N3O7/c1-58(2,3)36-21-19-32(20-22-36)27-64-55(67)48-46-37-23-39(59)41(61)25-43(37)63-50(46)51-47(49(48)56(64)68)38-24-40(60)42(62)26-44(38)65(51)57-54(71-30-35-17-11-6-12-18-35)53(70-29-34-15-9-5-10-16-34)52(66)45(72-57)31-69-28-33-13-7-4-8-14-33/h4-26,45,52-54,57,63,66H,27-31H2,1-3H3/t45-,52+,53+,54-,57-/m1/s1. The summed E-state index contributed by atoms with van der Waals surface area (Å²) in [7, 11) is 0. The molecule has 2 aliphatic heterocycles. The van der Waals surface area contributed by atoms with Crippen LogP contribution in [0.1, 0.15) is 75.5 Å². The molecule has 10 nitrogen and oxygen atoms in total. The highest BCUT2D eigenvalue weighted by molar-refractivity contribution is 6.39. The maximum atomic E-state index is 16.1. The molecule has 2 aliphatic rings. The zero-order valence-corrected chi connectivity index (χ0v) is 39.5. The molecule has 0 radical (unpaired) electrons. The maximum absolute atomic E-state index is 16.1. The number of halogens is 4. The van der Waals surface area contributed by atoms with Gasteiger partial charge in [-0.25, -0.2) is 17.6 Å². The van der Waals surface area contributed by atoms with Crippen LogP contribution >= 0.6 is 0 Å². The third-order valence-electron chi connectivity index (χ3n) is 13.8. The monoisotopic (exact) mass is 975 g/mol. The van der Waals surface area contributed by atoms with Gasteiger partial charge in [0.05, 0.1) is 60.6 Å². The molecule has 0 bridgehead atoms. The second-order valence-corrected chi connectivity index (χ2v) is 19.5. The summed E-state index contributed by atoms with van der Waals surface area (Å²) in [6.07, 6.45) is -6.35. The minimum absolute atomic E-state index is 0.0200. The van der Waals surface area contributed by atoms with Crippen molar-refractivity contribution in [3.05, 3.63) is 202 Å². The molecule has 1 saturated heterocycles. The van der Waals surface area contributed by atoms with Gasteiger partial charge in [0.15, 0.2) is 29.5 Å². The molecule has 9 aromatic rings. The fourth-order valence-electron chi connectivity index (χ4n) is 10.2. The predicted molar refractivity (Wildman–Crippen MR) is 264 cm³/mol. The second-order valence-electron chi connectivity index (χ2n) is 19.5. The van der Waals surface area contributed by atoms with Gasteiger partial charge in [-0.2, -0.15) is 0 Å². The van der Waals surface area contributed by atoms with E-state index in [1.807, 2.05) is 115 Å². The Bertz CT molecular complexity index is 3520. The Morgan fingerprint density at radius 1 is 0.625 bits per heavy atom. The van der Waals surface area contributed by atoms with Crippen LogP contribution in [-0.4, -0.2) is 62.4 Å². The molecular formula is C58H49F4N3O7. The van der Waals surface area contributed by atoms with E-state index in [-0.39, 0.29) is 93.1 Å². The summed E-state index contributed by atoms with van der Waals surface area (Å²) in [5, 5.41) is 12.7. The molecule has 0 spiro atoms. The lowest BCUT2D eigenvalue weighted by molar-refractivity contribution is -0.278. The summed E-state index contributed by atoms with van der Waals surface area (Å²) in [5.41, 5.74) is 3.97. The number of nitrogens with zero attached hydrogens (tertiary/aromatic N) is 2. The van der Waals surface area contributed by atoms with Gasteiger partial charge in [-0.1, -0.05) is 136 Å². The van der Waals surface area contributed by atoms with E-state index in [9.17, 15) is 5.11 Å². The third kappa shape index (κ3) is 8.42. The van der Waals surface area contributed by atoms with Crippen molar-refractivity contribution < 1.29 is 51.2 Å². The summed E-state index contributed by atoms with van der Waals surface area (Å²) >= 11 is 0. The first-order valence-electron chi connectivity index (χ1n) is 23.8. The molecule has 2 aromatic heterocycles. The highest BCUT2D eigenvalue weighted by Crippen LogP contribution is 2.49. The van der Waals surface area contributed by atoms with Crippen molar-refractivity contribution in [2.75, 3.05) is 6.61 Å². The molecular weight excluding hydrogens is 927 g/mol. The lowest BCUT2D eigenvalue weighted by atomic mass is 9.87. The van der Waals surface area contributed by atoms with E-state index < -0.39 is 65.7 Å². The van der Waals surface area contributed by atoms with E-state index in [1.165, 1.54) is 0 Å². The van der Waals surface area contributed by atoms with Crippen molar-refractivity contribution in [2.24, 2.45) is 0 Å². The molecule has 72 heavy (non-hydrogen) atoms. The van der Waals surface area contributed by atoms with E-state index >= 15 is 27.2 Å². The normalized spacial score (nSPS) is 19.4. The number of amides is 2. The number of nitrogens with one attached hydrogen (secondary N) is 1. The summed E-state index contributed by atoms with van der Waals surface area (Å²) < 4.78 is 91.0. The molecule has 4 heterocycles. The quantitative estimate of drug-likeness (QED) is 0.0873. The highest BCUT2D eigenvalue weighted by atomic mass is 19.2. The number of benzene rings is 7. The molecule has 5 atom stereocenters. The number of ether oxygens (including phenoxy) is 4. The van der Waals surface area contributed by atoms with Crippen LogP contribution in [-0.2, 0) is 50.7 Å². The van der Waals surface area contributed by atoms with E-state index in [1.54, 1.807) is 4.57 Å². The van der Waals surface area contributed by atoms with Gasteiger partial charge in [0, 0.05) is 39.2 Å². The van der Waals surface area contributed by atoms with Gasteiger partial charge in [0.2, 0.25) is 0 Å². The number of aromatic nitrogens is 2. The van der Waals surface area contributed by atoms with Crippen LogP contribution < -0.4 is 0 Å². The zero-order valence-electron chi connectivity index (χ0n) is 39.5. The molecule has 2 N–H and O–H groups in total. The minimum Gasteiger partial charge on any atom is -0.387 e. The number of aromatic amines is 1. The Kier molecular flexibility index (Phi) is 12.3. The smallest absolute Gasteiger partial charge is 0.262 e. The van der Waals surface area contributed by atoms with Crippen LogP contribution in [0.5, 0.6) is 0 Å². The Labute approximate surface area is 411 Å². The summed E-state index contributed by atoms with van der Waals surface area (Å²) in [6.45, 7) is 6.04. The first kappa shape index (κ1) is 47.1. The summed E-state index contributed by atoms with van der Waals surface area (Å²) in [5.74, 6) is -6.31. The number of rotatable bonds is 13. The summed E-state index contributed by atoms with van der Waals surface area (Å²) in [4.78, 5) is 34.5. The summed E-state index contributed by atoms with van der Waals surface area (Å²) in [6, 6.07) is 39.4. The first-order valence-corrected chi connectivity index (χ1v) is 23.8. The van der Waals surface area contributed by atoms with Crippen LogP contribution in [0, 0.1) is 23.3 Å². The Morgan fingerprint density at radius 2 is 1.15 bits per heavy atom. The van der Waals surface area contributed by atoms with Crippen molar-refractivity contribution in [2.45, 2.75) is 83.2 Å². The average molecular weight is 976 g/mol. The fourth-order valence-corrected chi connectivity index (χ4v) is 10.2. The Hall–Kier alpha value is -7.20. The van der Waals surface area contributed by atoms with Crippen LogP contribution in [0.15, 0.2) is 140 Å². The maximum Gasteiger partial charge on any atom is 0.262 e. The van der Waals surface area contributed by atoms with Gasteiger partial charge in [0.25, 0.3) is 11.8 Å². The predicted octanol–water partition coefficient (Wildman–Crippen LogP) is 11.7. The number of hydrogen-bond acceptors (Lipinski definition) is 7. The third-order valence-corrected chi connectivity index (χ3v) is 13.8. The zero-order chi connectivity index (χ0) is 50.0. The SMILES string of the molecule is CC(C)(C)c1ccc(CN2C(=O)c3c(c4c5cc(F)c(F)cc5n([C@@H]5O[C@H](COCc6ccccc6)[C@H](O)[C@H](OCc6ccccc6)[C@H]5OCc5ccccc5)c4c4[nH]c5cc(F)c(F)cc5c34)C2=O)cc1. The fraction of sp³-hybridized carbons (Fsp3) is 0.241. The van der Waals surface area contributed by atoms with Gasteiger partial charge < -0.3 is 33.6 Å². The van der Waals surface area contributed by atoms with Crippen molar-refractivity contribution >= 4 is 55.4 Å². The molecule has 0 saturated carbocycles. The van der Waals surface area contributed by atoms with Gasteiger partial charge in [-0.05, 0) is 45.4 Å². The Morgan fingerprint density at radius 3 is 1.75 bits per heavy atom. The molecule has 0 aliphatic carbocycles. The number of imide groups is 1. The first-order chi connectivity index (χ1) is 34.7. The van der Waals surface area contributed by atoms with E-state index in [2.05, 4.69) is 25.8 Å². The van der Waals surface area contributed by atoms with E-state index in [0.717, 1.165) is 51.4 Å². The molecule has 11 rings (SSSR count). The van der Waals surface area contributed by atoms with Crippen molar-refractivity contribution in [3.63, 3.8) is 0 Å². The molecule has 1 fully saturated rings. The molecule has 14 heteroatoms. The van der Waals surface area contributed by atoms with Gasteiger partial charge in [-0.15, -0.1) is 0 Å². The van der Waals surface area contributed by atoms with Crippen molar-refractivity contribution in [1.29, 1.82) is 0 Å². The highest BCUT2D eigenvalue weighted by Gasteiger charge is 2.50. The lowest BCUT2D eigenvalue weighted by Gasteiger charge is -2.45. The topological polar surface area (TPSA) is 115 Å². The minimum atomic E-state index is -1.39. The van der Waals surface area contributed by atoms with Crippen LogP contribution in [0.25, 0.3) is 43.6 Å². The van der Waals surface area contributed by atoms with Gasteiger partial charge in [0.1, 0.15) is 24.4 Å². The van der Waals surface area contributed by atoms with Crippen LogP contribution in [0.2, 0.25) is 0 Å². The molecule has 7 aromatic carbocycles. The molecule has 2 amide bonds. The number of carbonyl (C=O) groups excluding carboxylic acids is 2. The number of aliphatic hydroxyl groups excluding tert-OH is 1. The van der Waals surface area contributed by atoms with Gasteiger partial charge in [-0.3, -0.25) is 14.5 Å². The number of carbonyl (C=O) groups is 2. The average Bonchev–Trinajstić information content (AvgIpc) is 3.97. The lowest BCUT2D eigenvalue weighted by Crippen LogP contribution is -2.58. The van der Waals surface area contributed by atoms with Gasteiger partial charge >= 0.3 is 0 Å². The number of hydrogen-bond donors (Lipinski definition) is 2. The number of fused-ring (bicyclic) bond motifs is 10.